The van der Waals surface area contributed by atoms with Gasteiger partial charge in [-0.3, -0.25) is 0 Å². The van der Waals surface area contributed by atoms with Crippen LogP contribution in [0.15, 0.2) is 73.3 Å². The number of carbonyl (C=O) groups is 1. The van der Waals surface area contributed by atoms with Gasteiger partial charge in [-0.15, -0.1) is 12.3 Å². The molecule has 1 amide bonds. The number of likely N-dealkylation sites (tertiary alicyclic amines) is 1. The molecule has 1 heterocycles. The molecule has 1 N–H and O–H groups in total. The number of terminal acetylenes is 1. The molecule has 0 saturated carbocycles. The van der Waals surface area contributed by atoms with Crippen LogP contribution in [0.5, 0.6) is 11.5 Å². The Bertz CT molecular complexity index is 957. The maximum atomic E-state index is 12.5. The van der Waals surface area contributed by atoms with E-state index < -0.39 is 0 Å². The van der Waals surface area contributed by atoms with Gasteiger partial charge in [-0.05, 0) is 61.1 Å². The summed E-state index contributed by atoms with van der Waals surface area (Å²) in [6, 6.07) is 14.9. The van der Waals surface area contributed by atoms with Crippen molar-refractivity contribution in [1.82, 2.24) is 4.90 Å². The molecule has 4 nitrogen and oxygen atoms in total. The van der Waals surface area contributed by atoms with E-state index in [1.54, 1.807) is 30.0 Å². The predicted molar refractivity (Wildman–Crippen MR) is 131 cm³/mol. The molecule has 2 aromatic carbocycles. The number of rotatable bonds is 5. The Hall–Kier alpha value is -3.45. The summed E-state index contributed by atoms with van der Waals surface area (Å²) >= 11 is 0. The third-order valence-electron chi connectivity index (χ3n) is 5.91. The Morgan fingerprint density at radius 1 is 1.12 bits per heavy atom. The number of hydrogen-bond donors (Lipinski definition) is 1. The molecule has 168 valence electrons. The number of ether oxygens (including phenoxy) is 1. The second kappa shape index (κ2) is 11.2. The standard InChI is InChI=1S/C25H29NO3.C3H4/c1-5-18(2)19-14-16-26(17-15-19)24(28)29-23-12-8-21(9-13-23)25(3,4)20-6-10-22(27)11-7-20;1-3-2/h5-13,19,27H,1-2,14-17H2,3-4H3;1H,2H3. The molecule has 3 rings (SSSR count). The molecular weight excluding hydrogens is 398 g/mol. The van der Waals surface area contributed by atoms with Crippen molar-refractivity contribution in [1.29, 1.82) is 0 Å². The Labute approximate surface area is 192 Å². The fraction of sp³-hybridized carbons (Fsp3) is 0.321. The smallest absolute Gasteiger partial charge is 0.415 e. The zero-order valence-electron chi connectivity index (χ0n) is 19.3. The number of nitrogens with zero attached hydrogens (tertiary/aromatic N) is 1. The summed E-state index contributed by atoms with van der Waals surface area (Å²) < 4.78 is 5.58. The van der Waals surface area contributed by atoms with Crippen LogP contribution in [0.4, 0.5) is 4.79 Å². The third-order valence-corrected chi connectivity index (χ3v) is 5.91. The fourth-order valence-corrected chi connectivity index (χ4v) is 3.75. The Kier molecular flexibility index (Phi) is 8.72. The molecule has 0 radical (unpaired) electrons. The average Bonchev–Trinajstić information content (AvgIpc) is 2.80. The van der Waals surface area contributed by atoms with Gasteiger partial charge in [0.25, 0.3) is 0 Å². The SMILES string of the molecule is C#CC.C=CC(=C)C1CCN(C(=O)Oc2ccc(C(C)(C)c3ccc(O)cc3)cc2)CC1. The molecule has 2 aromatic rings. The molecule has 0 spiro atoms. The highest BCUT2D eigenvalue weighted by Crippen LogP contribution is 2.33. The van der Waals surface area contributed by atoms with Crippen molar-refractivity contribution in [3.05, 3.63) is 84.5 Å². The average molecular weight is 432 g/mol. The summed E-state index contributed by atoms with van der Waals surface area (Å²) in [5.41, 5.74) is 3.02. The summed E-state index contributed by atoms with van der Waals surface area (Å²) in [5.74, 6) is 3.44. The minimum atomic E-state index is -0.307. The lowest BCUT2D eigenvalue weighted by atomic mass is 9.78. The van der Waals surface area contributed by atoms with Crippen LogP contribution in [-0.2, 0) is 5.41 Å². The molecule has 0 atom stereocenters. The predicted octanol–water partition coefficient (Wildman–Crippen LogP) is 6.31. The molecule has 4 heteroatoms. The maximum Gasteiger partial charge on any atom is 0.415 e. The molecule has 1 saturated heterocycles. The van der Waals surface area contributed by atoms with E-state index in [1.807, 2.05) is 36.4 Å². The first kappa shape index (κ1) is 24.8. The normalized spacial score (nSPS) is 13.9. The van der Waals surface area contributed by atoms with E-state index in [0.717, 1.165) is 29.5 Å². The van der Waals surface area contributed by atoms with Crippen molar-refractivity contribution >= 4 is 6.09 Å². The van der Waals surface area contributed by atoms with Crippen LogP contribution in [0.25, 0.3) is 0 Å². The number of allylic oxidation sites excluding steroid dienone is 2. The van der Waals surface area contributed by atoms with E-state index in [4.69, 9.17) is 4.74 Å². The van der Waals surface area contributed by atoms with Gasteiger partial charge < -0.3 is 14.7 Å². The van der Waals surface area contributed by atoms with Crippen LogP contribution in [0.3, 0.4) is 0 Å². The number of hydrogen-bond acceptors (Lipinski definition) is 3. The van der Waals surface area contributed by atoms with Crippen molar-refractivity contribution in [3.8, 4) is 23.8 Å². The Morgan fingerprint density at radius 2 is 1.59 bits per heavy atom. The molecular formula is C28H33NO3. The van der Waals surface area contributed by atoms with Gasteiger partial charge in [0.2, 0.25) is 0 Å². The first-order valence-corrected chi connectivity index (χ1v) is 10.8. The van der Waals surface area contributed by atoms with Crippen molar-refractivity contribution in [2.24, 2.45) is 5.92 Å². The number of aromatic hydroxyl groups is 1. The first-order valence-electron chi connectivity index (χ1n) is 10.8. The molecule has 0 aliphatic carbocycles. The van der Waals surface area contributed by atoms with E-state index in [2.05, 4.69) is 39.3 Å². The van der Waals surface area contributed by atoms with Gasteiger partial charge in [-0.2, -0.15) is 0 Å². The van der Waals surface area contributed by atoms with Gasteiger partial charge in [-0.25, -0.2) is 4.79 Å². The van der Waals surface area contributed by atoms with Crippen LogP contribution in [-0.4, -0.2) is 29.2 Å². The fourth-order valence-electron chi connectivity index (χ4n) is 3.75. The summed E-state index contributed by atoms with van der Waals surface area (Å²) in [5, 5.41) is 9.51. The number of piperidine rings is 1. The van der Waals surface area contributed by atoms with Gasteiger partial charge in [-0.1, -0.05) is 62.9 Å². The van der Waals surface area contributed by atoms with E-state index in [0.29, 0.717) is 24.8 Å². The minimum Gasteiger partial charge on any atom is -0.508 e. The zero-order chi connectivity index (χ0) is 23.7. The van der Waals surface area contributed by atoms with Crippen LogP contribution in [0.1, 0.15) is 44.7 Å². The summed E-state index contributed by atoms with van der Waals surface area (Å²) in [4.78, 5) is 14.2. The second-order valence-electron chi connectivity index (χ2n) is 8.39. The molecule has 0 aromatic heterocycles. The zero-order valence-corrected chi connectivity index (χ0v) is 19.3. The molecule has 32 heavy (non-hydrogen) atoms. The summed E-state index contributed by atoms with van der Waals surface area (Å²) in [6.07, 6.45) is 7.87. The quantitative estimate of drug-likeness (QED) is 0.446. The molecule has 1 aliphatic rings. The van der Waals surface area contributed by atoms with Gasteiger partial charge in [0, 0.05) is 18.5 Å². The van der Waals surface area contributed by atoms with Gasteiger partial charge in [0.15, 0.2) is 0 Å². The van der Waals surface area contributed by atoms with Gasteiger partial charge >= 0.3 is 6.09 Å². The van der Waals surface area contributed by atoms with Crippen molar-refractivity contribution in [2.75, 3.05) is 13.1 Å². The summed E-state index contributed by atoms with van der Waals surface area (Å²) in [6.45, 7) is 15.0. The first-order chi connectivity index (χ1) is 15.2. The number of carbonyl (C=O) groups excluding carboxylic acids is 1. The van der Waals surface area contributed by atoms with Crippen LogP contribution in [0, 0.1) is 18.3 Å². The number of phenolic OH excluding ortho intramolecular Hbond substituents is 1. The maximum absolute atomic E-state index is 12.5. The van der Waals surface area contributed by atoms with Crippen molar-refractivity contribution < 1.29 is 14.6 Å². The topological polar surface area (TPSA) is 49.8 Å². The Morgan fingerprint density at radius 3 is 2.06 bits per heavy atom. The van der Waals surface area contributed by atoms with Gasteiger partial charge in [0.1, 0.15) is 11.5 Å². The van der Waals surface area contributed by atoms with E-state index in [9.17, 15) is 9.90 Å². The molecule has 0 bridgehead atoms. The van der Waals surface area contributed by atoms with E-state index in [-0.39, 0.29) is 17.3 Å². The highest BCUT2D eigenvalue weighted by atomic mass is 16.6. The van der Waals surface area contributed by atoms with E-state index in [1.165, 1.54) is 0 Å². The lowest BCUT2D eigenvalue weighted by molar-refractivity contribution is 0.135. The molecule has 0 unspecified atom stereocenters. The third kappa shape index (κ3) is 6.28. The Balaban J connectivity index is 0.00000114. The second-order valence-corrected chi connectivity index (χ2v) is 8.39. The summed E-state index contributed by atoms with van der Waals surface area (Å²) in [7, 11) is 0. The van der Waals surface area contributed by atoms with Crippen LogP contribution < -0.4 is 4.74 Å². The largest absolute Gasteiger partial charge is 0.508 e. The number of phenols is 1. The molecule has 1 aliphatic heterocycles. The monoisotopic (exact) mass is 431 g/mol. The number of benzene rings is 2. The van der Waals surface area contributed by atoms with Crippen molar-refractivity contribution in [3.63, 3.8) is 0 Å². The van der Waals surface area contributed by atoms with Crippen LogP contribution >= 0.6 is 0 Å². The lowest BCUT2D eigenvalue weighted by Gasteiger charge is -2.31. The van der Waals surface area contributed by atoms with E-state index >= 15 is 0 Å². The van der Waals surface area contributed by atoms with Crippen molar-refractivity contribution in [2.45, 2.75) is 39.0 Å². The van der Waals surface area contributed by atoms with Crippen LogP contribution in [0.2, 0.25) is 0 Å². The molecule has 1 fully saturated rings. The minimum absolute atomic E-state index is 0.230. The highest BCUT2D eigenvalue weighted by molar-refractivity contribution is 5.70. The van der Waals surface area contributed by atoms with Gasteiger partial charge in [0.05, 0.1) is 0 Å². The highest BCUT2D eigenvalue weighted by Gasteiger charge is 2.26. The number of amides is 1. The lowest BCUT2D eigenvalue weighted by Crippen LogP contribution is -2.40.